The fraction of sp³-hybridized carbons (Fsp3) is 0.588. The summed E-state index contributed by atoms with van der Waals surface area (Å²) in [6, 6.07) is 6.44. The fourth-order valence-electron chi connectivity index (χ4n) is 3.00. The number of rotatable bonds is 4. The van der Waals surface area contributed by atoms with Crippen LogP contribution in [0.25, 0.3) is 0 Å². The van der Waals surface area contributed by atoms with Crippen molar-refractivity contribution >= 4 is 11.6 Å². The van der Waals surface area contributed by atoms with E-state index in [1.54, 1.807) is 12.1 Å². The van der Waals surface area contributed by atoms with Crippen molar-refractivity contribution in [2.75, 3.05) is 5.32 Å². The molecule has 3 N–H and O–H groups in total. The van der Waals surface area contributed by atoms with Gasteiger partial charge in [0.15, 0.2) is 6.04 Å². The number of hydrogen-bond donors (Lipinski definition) is 2. The molecule has 0 saturated heterocycles. The minimum atomic E-state index is -0.329. The molecule has 0 aromatic heterocycles. The summed E-state index contributed by atoms with van der Waals surface area (Å²) in [5.74, 6) is -0.382. The fourth-order valence-corrected chi connectivity index (χ4v) is 3.00. The maximum absolute atomic E-state index is 13.1. The molecule has 0 bridgehead atoms. The van der Waals surface area contributed by atoms with Crippen molar-refractivity contribution in [3.63, 3.8) is 0 Å². The van der Waals surface area contributed by atoms with Gasteiger partial charge < -0.3 is 10.6 Å². The van der Waals surface area contributed by atoms with Crippen molar-refractivity contribution in [1.29, 1.82) is 0 Å². The lowest BCUT2D eigenvalue weighted by atomic mass is 9.96. The van der Waals surface area contributed by atoms with Crippen LogP contribution < -0.4 is 10.6 Å². The predicted octanol–water partition coefficient (Wildman–Crippen LogP) is 2.83. The Morgan fingerprint density at radius 3 is 2.57 bits per heavy atom. The Morgan fingerprint density at radius 2 is 1.90 bits per heavy atom. The lowest BCUT2D eigenvalue weighted by molar-refractivity contribution is -0.707. The van der Waals surface area contributed by atoms with Gasteiger partial charge in [0.2, 0.25) is 0 Å². The van der Waals surface area contributed by atoms with Crippen LogP contribution in [0.3, 0.4) is 0 Å². The van der Waals surface area contributed by atoms with E-state index in [2.05, 4.69) is 10.6 Å². The number of carbonyl (C=O) groups excluding carboxylic acids is 1. The van der Waals surface area contributed by atoms with Crippen LogP contribution in [0.2, 0.25) is 0 Å². The third kappa shape index (κ3) is 5.46. The first-order valence-corrected chi connectivity index (χ1v) is 8.06. The van der Waals surface area contributed by atoms with Gasteiger partial charge in [0, 0.05) is 5.69 Å². The maximum atomic E-state index is 13.1. The summed E-state index contributed by atoms with van der Waals surface area (Å²) in [5.41, 5.74) is 0.526. The summed E-state index contributed by atoms with van der Waals surface area (Å²) in [5, 5.41) is 4.97. The highest BCUT2D eigenvalue weighted by Crippen LogP contribution is 2.15. The standard InChI is InChI=1S/C17H25FN2O/c1-13(19-15-9-5-3-2-4-6-10-15)17(21)20-16-11-7-8-14(18)12-16/h7-8,11-13,15,19H,2-6,9-10H2,1H3,(H,20,21)/p+1/t13-/m1/s1. The highest BCUT2D eigenvalue weighted by Gasteiger charge is 2.22. The molecular weight excluding hydrogens is 267 g/mol. The Bertz CT molecular complexity index is 456. The topological polar surface area (TPSA) is 45.7 Å². The van der Waals surface area contributed by atoms with Gasteiger partial charge in [0.1, 0.15) is 5.82 Å². The zero-order chi connectivity index (χ0) is 15.1. The minimum absolute atomic E-state index is 0.0531. The van der Waals surface area contributed by atoms with Gasteiger partial charge in [-0.05, 0) is 50.8 Å². The molecule has 0 unspecified atom stereocenters. The molecule has 1 aromatic rings. The molecule has 21 heavy (non-hydrogen) atoms. The molecule has 3 nitrogen and oxygen atoms in total. The predicted molar refractivity (Wildman–Crippen MR) is 82.5 cm³/mol. The molecule has 4 heteroatoms. The van der Waals surface area contributed by atoms with Gasteiger partial charge >= 0.3 is 0 Å². The lowest BCUT2D eigenvalue weighted by Gasteiger charge is -2.21. The lowest BCUT2D eigenvalue weighted by Crippen LogP contribution is -2.96. The van der Waals surface area contributed by atoms with Gasteiger partial charge in [-0.3, -0.25) is 4.79 Å². The largest absolute Gasteiger partial charge is 0.334 e. The van der Waals surface area contributed by atoms with Crippen molar-refractivity contribution in [3.8, 4) is 0 Å². The summed E-state index contributed by atoms with van der Waals surface area (Å²) < 4.78 is 13.1. The van der Waals surface area contributed by atoms with Crippen molar-refractivity contribution < 1.29 is 14.5 Å². The van der Waals surface area contributed by atoms with Crippen LogP contribution in [0.1, 0.15) is 51.9 Å². The van der Waals surface area contributed by atoms with Crippen molar-refractivity contribution in [2.24, 2.45) is 0 Å². The van der Waals surface area contributed by atoms with E-state index in [4.69, 9.17) is 0 Å². The molecule has 1 fully saturated rings. The first-order valence-electron chi connectivity index (χ1n) is 8.06. The van der Waals surface area contributed by atoms with Gasteiger partial charge in [-0.15, -0.1) is 0 Å². The number of hydrogen-bond acceptors (Lipinski definition) is 1. The second-order valence-corrected chi connectivity index (χ2v) is 6.09. The highest BCUT2D eigenvalue weighted by atomic mass is 19.1. The summed E-state index contributed by atoms with van der Waals surface area (Å²) in [7, 11) is 0. The highest BCUT2D eigenvalue weighted by molar-refractivity contribution is 5.93. The smallest absolute Gasteiger partial charge is 0.282 e. The molecule has 1 aliphatic carbocycles. The summed E-state index contributed by atoms with van der Waals surface area (Å²) in [6.45, 7) is 1.92. The van der Waals surface area contributed by atoms with Gasteiger partial charge in [0.05, 0.1) is 6.04 Å². The molecule has 1 atom stereocenters. The third-order valence-electron chi connectivity index (χ3n) is 4.22. The Morgan fingerprint density at radius 1 is 1.24 bits per heavy atom. The van der Waals surface area contributed by atoms with E-state index in [9.17, 15) is 9.18 Å². The normalized spacial score (nSPS) is 18.6. The van der Waals surface area contributed by atoms with Gasteiger partial charge in [0.25, 0.3) is 5.91 Å². The van der Waals surface area contributed by atoms with E-state index in [0.717, 1.165) is 0 Å². The van der Waals surface area contributed by atoms with Crippen LogP contribution in [0, 0.1) is 5.82 Å². The number of benzene rings is 1. The van der Waals surface area contributed by atoms with Crippen LogP contribution in [-0.4, -0.2) is 18.0 Å². The van der Waals surface area contributed by atoms with Crippen molar-refractivity contribution in [2.45, 2.75) is 64.0 Å². The monoisotopic (exact) mass is 293 g/mol. The van der Waals surface area contributed by atoms with E-state index in [-0.39, 0.29) is 17.8 Å². The average Bonchev–Trinajstić information content (AvgIpc) is 2.41. The number of quaternary nitrogens is 1. The summed E-state index contributed by atoms with van der Waals surface area (Å²) >= 11 is 0. The Hall–Kier alpha value is -1.42. The van der Waals surface area contributed by atoms with Crippen LogP contribution in [0.15, 0.2) is 24.3 Å². The number of nitrogens with one attached hydrogen (secondary N) is 1. The Kier molecular flexibility index (Phi) is 6.18. The Balaban J connectivity index is 1.83. The second-order valence-electron chi connectivity index (χ2n) is 6.09. The molecule has 1 aliphatic rings. The quantitative estimate of drug-likeness (QED) is 0.881. The number of halogens is 1. The minimum Gasteiger partial charge on any atom is -0.334 e. The molecule has 1 amide bonds. The van der Waals surface area contributed by atoms with Gasteiger partial charge in [-0.1, -0.05) is 25.3 Å². The van der Waals surface area contributed by atoms with E-state index in [1.807, 2.05) is 6.92 Å². The van der Waals surface area contributed by atoms with Gasteiger partial charge in [-0.25, -0.2) is 4.39 Å². The zero-order valence-electron chi connectivity index (χ0n) is 12.8. The number of carbonyl (C=O) groups is 1. The SMILES string of the molecule is C[C@@H]([NH2+]C1CCCCCCC1)C(=O)Nc1cccc(F)c1. The van der Waals surface area contributed by atoms with Gasteiger partial charge in [-0.2, -0.15) is 0 Å². The number of nitrogens with two attached hydrogens (primary N) is 1. The van der Waals surface area contributed by atoms with E-state index >= 15 is 0 Å². The summed E-state index contributed by atoms with van der Waals surface area (Å²) in [6.07, 6.45) is 8.89. The molecule has 0 aliphatic heterocycles. The second kappa shape index (κ2) is 8.13. The third-order valence-corrected chi connectivity index (χ3v) is 4.22. The zero-order valence-corrected chi connectivity index (χ0v) is 12.8. The Labute approximate surface area is 126 Å². The van der Waals surface area contributed by atoms with Crippen molar-refractivity contribution in [1.82, 2.24) is 0 Å². The molecule has 116 valence electrons. The molecular formula is C17H26FN2O+. The number of anilines is 1. The summed E-state index contributed by atoms with van der Waals surface area (Å²) in [4.78, 5) is 12.2. The first kappa shape index (κ1) is 16.0. The molecule has 0 heterocycles. The molecule has 1 saturated carbocycles. The van der Waals surface area contributed by atoms with Crippen LogP contribution in [-0.2, 0) is 4.79 Å². The van der Waals surface area contributed by atoms with E-state index < -0.39 is 0 Å². The molecule has 1 aromatic carbocycles. The average molecular weight is 293 g/mol. The molecule has 2 rings (SSSR count). The van der Waals surface area contributed by atoms with E-state index in [1.165, 1.54) is 57.1 Å². The maximum Gasteiger partial charge on any atom is 0.282 e. The van der Waals surface area contributed by atoms with Crippen LogP contribution in [0.4, 0.5) is 10.1 Å². The molecule has 0 radical (unpaired) electrons. The van der Waals surface area contributed by atoms with Crippen LogP contribution in [0.5, 0.6) is 0 Å². The van der Waals surface area contributed by atoms with E-state index in [0.29, 0.717) is 11.7 Å². The number of amides is 1. The first-order chi connectivity index (χ1) is 10.1. The molecule has 0 spiro atoms. The van der Waals surface area contributed by atoms with Crippen LogP contribution >= 0.6 is 0 Å². The van der Waals surface area contributed by atoms with Crippen molar-refractivity contribution in [3.05, 3.63) is 30.1 Å².